The molecule has 2 amide bonds. The summed E-state index contributed by atoms with van der Waals surface area (Å²) in [5, 5.41) is 4.18. The molecule has 7 heteroatoms. The number of amides is 2. The summed E-state index contributed by atoms with van der Waals surface area (Å²) in [7, 11) is 1.83. The molecule has 0 spiro atoms. The van der Waals surface area contributed by atoms with Crippen molar-refractivity contribution in [2.24, 2.45) is 18.2 Å². The number of benzene rings is 2. The molecule has 1 aliphatic heterocycles. The highest BCUT2D eigenvalue weighted by atomic mass is 16.2. The molecule has 176 valence electrons. The molecule has 0 saturated carbocycles. The second kappa shape index (κ2) is 9.18. The topological polar surface area (TPSA) is 94.1 Å². The summed E-state index contributed by atoms with van der Waals surface area (Å²) in [6.45, 7) is 0.739. The fraction of sp³-hybridized carbons (Fsp3) is 0.214. The Morgan fingerprint density at radius 3 is 2.37 bits per heavy atom. The minimum Gasteiger partial charge on any atom is -0.369 e. The lowest BCUT2D eigenvalue weighted by Gasteiger charge is -2.26. The third kappa shape index (κ3) is 4.57. The molecule has 1 aliphatic rings. The Bertz CT molecular complexity index is 1360. The number of likely N-dealkylation sites (tertiary alicyclic amines) is 1. The van der Waals surface area contributed by atoms with E-state index in [1.54, 1.807) is 21.8 Å². The minimum absolute atomic E-state index is 0.196. The number of hydrogen-bond acceptors (Lipinski definition) is 4. The van der Waals surface area contributed by atoms with Crippen LogP contribution in [0.25, 0.3) is 22.4 Å². The second-order valence-electron chi connectivity index (χ2n) is 9.17. The Balaban J connectivity index is 1.33. The van der Waals surface area contributed by atoms with Gasteiger partial charge in [0.1, 0.15) is 5.69 Å². The first-order valence-electron chi connectivity index (χ1n) is 11.6. The first-order chi connectivity index (χ1) is 16.9. The standard InChI is InChI=1S/C28H27N5O2/c1-32-18-23(17-30-32)24-8-5-9-25(31-24)26(34)33-15-14-28(19-33,27(29)35)16-20-10-12-22(13-11-20)21-6-3-2-4-7-21/h2-13,17-18H,14-16,19H2,1H3,(H2,29,35)/t28-/m0/s1. The summed E-state index contributed by atoms with van der Waals surface area (Å²) >= 11 is 0. The second-order valence-corrected chi connectivity index (χ2v) is 9.17. The molecule has 0 unspecified atom stereocenters. The SMILES string of the molecule is Cn1cc(-c2cccc(C(=O)N3CC[C@@](Cc4ccc(-c5ccccc5)cc4)(C(N)=O)C3)n2)cn1. The number of pyridine rings is 1. The van der Waals surface area contributed by atoms with Crippen molar-refractivity contribution in [1.82, 2.24) is 19.7 Å². The lowest BCUT2D eigenvalue weighted by atomic mass is 9.80. The smallest absolute Gasteiger partial charge is 0.272 e. The quantitative estimate of drug-likeness (QED) is 0.470. The number of nitrogens with zero attached hydrogens (tertiary/aromatic N) is 4. The number of primary amides is 1. The van der Waals surface area contributed by atoms with Gasteiger partial charge in [-0.2, -0.15) is 5.10 Å². The number of aryl methyl sites for hydroxylation is 1. The van der Waals surface area contributed by atoms with Gasteiger partial charge in [0.25, 0.3) is 5.91 Å². The summed E-state index contributed by atoms with van der Waals surface area (Å²) in [5.41, 5.74) is 10.3. The number of aromatic nitrogens is 3. The van der Waals surface area contributed by atoms with E-state index < -0.39 is 5.41 Å². The number of carbonyl (C=O) groups is 2. The number of carbonyl (C=O) groups excluding carboxylic acids is 2. The lowest BCUT2D eigenvalue weighted by molar-refractivity contribution is -0.126. The summed E-state index contributed by atoms with van der Waals surface area (Å²) in [6.07, 6.45) is 4.59. The molecule has 0 aliphatic carbocycles. The maximum absolute atomic E-state index is 13.3. The van der Waals surface area contributed by atoms with Crippen LogP contribution in [0.3, 0.4) is 0 Å². The zero-order valence-corrected chi connectivity index (χ0v) is 19.6. The van der Waals surface area contributed by atoms with Gasteiger partial charge in [-0.1, -0.05) is 60.7 Å². The van der Waals surface area contributed by atoms with Gasteiger partial charge in [-0.3, -0.25) is 14.3 Å². The van der Waals surface area contributed by atoms with Crippen LogP contribution >= 0.6 is 0 Å². The van der Waals surface area contributed by atoms with Gasteiger partial charge in [-0.25, -0.2) is 4.98 Å². The van der Waals surface area contributed by atoms with Gasteiger partial charge in [0.15, 0.2) is 0 Å². The molecule has 7 nitrogen and oxygen atoms in total. The van der Waals surface area contributed by atoms with E-state index in [2.05, 4.69) is 34.3 Å². The predicted molar refractivity (Wildman–Crippen MR) is 134 cm³/mol. The number of nitrogens with two attached hydrogens (primary N) is 1. The maximum Gasteiger partial charge on any atom is 0.272 e. The monoisotopic (exact) mass is 465 g/mol. The highest BCUT2D eigenvalue weighted by Gasteiger charge is 2.45. The average molecular weight is 466 g/mol. The first kappa shape index (κ1) is 22.5. The van der Waals surface area contributed by atoms with Crippen molar-refractivity contribution in [3.05, 3.63) is 96.4 Å². The van der Waals surface area contributed by atoms with Crippen LogP contribution < -0.4 is 5.73 Å². The van der Waals surface area contributed by atoms with Crippen LogP contribution in [0.15, 0.2) is 85.2 Å². The summed E-state index contributed by atoms with van der Waals surface area (Å²) in [6, 6.07) is 23.7. The molecule has 0 radical (unpaired) electrons. The van der Waals surface area contributed by atoms with Crippen molar-refractivity contribution in [2.45, 2.75) is 12.8 Å². The molecule has 0 bridgehead atoms. The third-order valence-electron chi connectivity index (χ3n) is 6.74. The third-order valence-corrected chi connectivity index (χ3v) is 6.74. The molecule has 1 fully saturated rings. The maximum atomic E-state index is 13.3. The molecule has 5 rings (SSSR count). The zero-order valence-electron chi connectivity index (χ0n) is 19.6. The van der Waals surface area contributed by atoms with Gasteiger partial charge >= 0.3 is 0 Å². The van der Waals surface area contributed by atoms with E-state index in [9.17, 15) is 9.59 Å². The van der Waals surface area contributed by atoms with Crippen LogP contribution in [0.2, 0.25) is 0 Å². The van der Waals surface area contributed by atoms with Crippen molar-refractivity contribution in [1.29, 1.82) is 0 Å². The Morgan fingerprint density at radius 1 is 0.943 bits per heavy atom. The van der Waals surface area contributed by atoms with Crippen molar-refractivity contribution in [2.75, 3.05) is 13.1 Å². The van der Waals surface area contributed by atoms with Gasteiger partial charge in [0.05, 0.1) is 17.3 Å². The van der Waals surface area contributed by atoms with Crippen LogP contribution in [-0.2, 0) is 18.3 Å². The van der Waals surface area contributed by atoms with E-state index >= 15 is 0 Å². The van der Waals surface area contributed by atoms with Crippen LogP contribution in [-0.4, -0.2) is 44.6 Å². The molecule has 1 saturated heterocycles. The Kier molecular flexibility index (Phi) is 5.91. The largest absolute Gasteiger partial charge is 0.369 e. The van der Waals surface area contributed by atoms with E-state index in [1.165, 1.54) is 0 Å². The Labute approximate surface area is 204 Å². The van der Waals surface area contributed by atoms with Gasteiger partial charge < -0.3 is 10.6 Å². The highest BCUT2D eigenvalue weighted by molar-refractivity contribution is 5.94. The zero-order chi connectivity index (χ0) is 24.4. The van der Waals surface area contributed by atoms with Gasteiger partial charge in [-0.15, -0.1) is 0 Å². The molecular weight excluding hydrogens is 438 g/mol. The summed E-state index contributed by atoms with van der Waals surface area (Å²) < 4.78 is 1.69. The molecule has 4 aromatic rings. The van der Waals surface area contributed by atoms with Crippen molar-refractivity contribution in [3.8, 4) is 22.4 Å². The van der Waals surface area contributed by atoms with Crippen LogP contribution in [0, 0.1) is 5.41 Å². The molecular formula is C28H27N5O2. The van der Waals surface area contributed by atoms with Crippen molar-refractivity contribution in [3.63, 3.8) is 0 Å². The summed E-state index contributed by atoms with van der Waals surface area (Å²) in [5.74, 6) is -0.574. The molecule has 2 aromatic heterocycles. The Morgan fingerprint density at radius 2 is 1.69 bits per heavy atom. The highest BCUT2D eigenvalue weighted by Crippen LogP contribution is 2.35. The lowest BCUT2D eigenvalue weighted by Crippen LogP contribution is -2.42. The number of rotatable bonds is 6. The normalized spacial score (nSPS) is 17.5. The van der Waals surface area contributed by atoms with Crippen LogP contribution in [0.1, 0.15) is 22.5 Å². The molecule has 3 heterocycles. The van der Waals surface area contributed by atoms with E-state index in [1.807, 2.05) is 55.7 Å². The van der Waals surface area contributed by atoms with Crippen molar-refractivity contribution >= 4 is 11.8 Å². The Hall–Kier alpha value is -4.26. The van der Waals surface area contributed by atoms with Crippen LogP contribution in [0.5, 0.6) is 0 Å². The molecule has 1 atom stereocenters. The molecule has 2 aromatic carbocycles. The van der Waals surface area contributed by atoms with Gasteiger partial charge in [0, 0.05) is 31.9 Å². The van der Waals surface area contributed by atoms with E-state index in [0.717, 1.165) is 22.3 Å². The fourth-order valence-corrected chi connectivity index (χ4v) is 4.74. The summed E-state index contributed by atoms with van der Waals surface area (Å²) in [4.78, 5) is 32.2. The van der Waals surface area contributed by atoms with E-state index in [4.69, 9.17) is 5.73 Å². The number of hydrogen-bond donors (Lipinski definition) is 1. The van der Waals surface area contributed by atoms with Gasteiger partial charge in [0.2, 0.25) is 5.91 Å². The van der Waals surface area contributed by atoms with Crippen LogP contribution in [0.4, 0.5) is 0 Å². The molecule has 35 heavy (non-hydrogen) atoms. The first-order valence-corrected chi connectivity index (χ1v) is 11.6. The van der Waals surface area contributed by atoms with Gasteiger partial charge in [-0.05, 0) is 41.7 Å². The predicted octanol–water partition coefficient (Wildman–Crippen LogP) is 3.71. The van der Waals surface area contributed by atoms with Crippen molar-refractivity contribution < 1.29 is 9.59 Å². The van der Waals surface area contributed by atoms with E-state index in [0.29, 0.717) is 30.8 Å². The molecule has 2 N–H and O–H groups in total. The minimum atomic E-state index is -0.801. The van der Waals surface area contributed by atoms with E-state index in [-0.39, 0.29) is 18.4 Å². The fourth-order valence-electron chi connectivity index (χ4n) is 4.74. The average Bonchev–Trinajstić information content (AvgIpc) is 3.52.